The summed E-state index contributed by atoms with van der Waals surface area (Å²) in [5.41, 5.74) is 0.136. The molecule has 3 fully saturated rings. The Morgan fingerprint density at radius 3 is 2.47 bits per heavy atom. The van der Waals surface area contributed by atoms with Crippen molar-refractivity contribution in [3.63, 3.8) is 0 Å². The van der Waals surface area contributed by atoms with Crippen LogP contribution in [0.5, 0.6) is 5.88 Å². The lowest BCUT2D eigenvalue weighted by Gasteiger charge is -2.34. The Morgan fingerprint density at radius 1 is 1.20 bits per heavy atom. The van der Waals surface area contributed by atoms with E-state index in [0.29, 0.717) is 0 Å². The standard InChI is InChI=1S/C26H39ClN5O11PS/c1-6-38-44(35,39-7-2)26(5,14-33)45(36,37)13-17-18-19(43-25(3,4)42-18)22(40-17)32-20-16(12-28-32)21(31-23(27)30-20)41-24(34)29-15-10-8-9-11-15/h12,15,17-19,22,33H,6-11,13-14H2,1-5H3,(H,29,34)/t17-,18-,19-,22-,26?/m1/s1. The third-order valence-corrected chi connectivity index (χ3v) is 14.6. The van der Waals surface area contributed by atoms with Crippen LogP contribution in [0.15, 0.2) is 6.20 Å². The van der Waals surface area contributed by atoms with Crippen LogP contribution in [0.2, 0.25) is 5.28 Å². The van der Waals surface area contributed by atoms with Crippen molar-refractivity contribution < 1.29 is 50.9 Å². The Bertz CT molecular complexity index is 1560. The second-order valence-electron chi connectivity index (χ2n) is 11.7. The summed E-state index contributed by atoms with van der Waals surface area (Å²) in [6, 6.07) is 0.0107. The van der Waals surface area contributed by atoms with E-state index in [2.05, 4.69) is 20.4 Å². The van der Waals surface area contributed by atoms with Gasteiger partial charge in [0, 0.05) is 6.04 Å². The second kappa shape index (κ2) is 12.9. The number of nitrogens with one attached hydrogen (secondary N) is 1. The number of rotatable bonds is 12. The molecule has 1 amide bonds. The van der Waals surface area contributed by atoms with Crippen molar-refractivity contribution >= 4 is 46.2 Å². The number of amides is 1. The number of carbonyl (C=O) groups is 1. The van der Waals surface area contributed by atoms with Crippen molar-refractivity contribution in [3.05, 3.63) is 11.5 Å². The molecular formula is C26H39ClN5O11PS. The number of halogens is 1. The molecule has 1 saturated carbocycles. The zero-order valence-electron chi connectivity index (χ0n) is 25.7. The fourth-order valence-electron chi connectivity index (χ4n) is 5.88. The first-order valence-electron chi connectivity index (χ1n) is 14.8. The lowest BCUT2D eigenvalue weighted by atomic mass is 10.1. The predicted molar refractivity (Wildman–Crippen MR) is 160 cm³/mol. The van der Waals surface area contributed by atoms with Gasteiger partial charge in [-0.1, -0.05) is 12.8 Å². The van der Waals surface area contributed by atoms with E-state index in [4.69, 9.17) is 39.6 Å². The van der Waals surface area contributed by atoms with Crippen LogP contribution in [-0.2, 0) is 37.7 Å². The van der Waals surface area contributed by atoms with Gasteiger partial charge in [0.05, 0.1) is 31.8 Å². The minimum Gasteiger partial charge on any atom is -0.394 e. The van der Waals surface area contributed by atoms with E-state index in [1.807, 2.05) is 0 Å². The largest absolute Gasteiger partial charge is 0.414 e. The Kier molecular flexibility index (Phi) is 9.87. The van der Waals surface area contributed by atoms with Crippen molar-refractivity contribution in [1.82, 2.24) is 25.1 Å². The highest BCUT2D eigenvalue weighted by Crippen LogP contribution is 2.62. The number of aliphatic hydroxyl groups is 1. The van der Waals surface area contributed by atoms with Gasteiger partial charge in [0.15, 0.2) is 32.0 Å². The number of sulfone groups is 1. The Labute approximate surface area is 265 Å². The fraction of sp³-hybridized carbons (Fsp3) is 0.769. The zero-order chi connectivity index (χ0) is 32.8. The average Bonchev–Trinajstić information content (AvgIpc) is 3.73. The number of aliphatic hydroxyl groups excluding tert-OH is 1. The zero-order valence-corrected chi connectivity index (χ0v) is 28.1. The maximum Gasteiger partial charge on any atom is 0.414 e. The van der Waals surface area contributed by atoms with Crippen molar-refractivity contribution in [1.29, 1.82) is 0 Å². The Balaban J connectivity index is 1.46. The molecule has 0 radical (unpaired) electrons. The first kappa shape index (κ1) is 34.4. The number of ether oxygens (including phenoxy) is 4. The molecular weight excluding hydrogens is 657 g/mol. The highest BCUT2D eigenvalue weighted by molar-refractivity contribution is 7.99. The molecule has 4 heterocycles. The third kappa shape index (κ3) is 6.48. The average molecular weight is 696 g/mol. The van der Waals surface area contributed by atoms with E-state index < -0.39 is 70.7 Å². The number of nitrogens with zero attached hydrogens (tertiary/aromatic N) is 4. The molecule has 252 valence electrons. The minimum absolute atomic E-state index is 0.0107. The van der Waals surface area contributed by atoms with Crippen molar-refractivity contribution in [2.24, 2.45) is 0 Å². The van der Waals surface area contributed by atoms with Gasteiger partial charge in [-0.25, -0.2) is 17.9 Å². The van der Waals surface area contributed by atoms with Crippen LogP contribution >= 0.6 is 19.2 Å². The van der Waals surface area contributed by atoms with E-state index in [0.717, 1.165) is 32.6 Å². The monoisotopic (exact) mass is 695 g/mol. The normalized spacial score (nSPS) is 26.6. The molecule has 2 aromatic heterocycles. The topological polar surface area (TPSA) is 200 Å². The van der Waals surface area contributed by atoms with E-state index in [9.17, 15) is 22.9 Å². The van der Waals surface area contributed by atoms with Crippen molar-refractivity contribution in [2.45, 2.75) is 101 Å². The molecule has 1 aliphatic carbocycles. The fourth-order valence-corrected chi connectivity index (χ4v) is 10.7. The summed E-state index contributed by atoms with van der Waals surface area (Å²) < 4.78 is 75.1. The van der Waals surface area contributed by atoms with Crippen molar-refractivity contribution in [2.75, 3.05) is 25.6 Å². The van der Waals surface area contributed by atoms with E-state index in [1.165, 1.54) is 10.9 Å². The summed E-state index contributed by atoms with van der Waals surface area (Å²) in [6.45, 7) is 6.29. The third-order valence-electron chi connectivity index (χ3n) is 8.15. The molecule has 2 saturated heterocycles. The molecule has 16 nitrogen and oxygen atoms in total. The van der Waals surface area contributed by atoms with E-state index >= 15 is 0 Å². The number of carbonyl (C=O) groups excluding carboxylic acids is 1. The molecule has 0 bridgehead atoms. The van der Waals surface area contributed by atoms with Gasteiger partial charge < -0.3 is 38.4 Å². The van der Waals surface area contributed by atoms with E-state index in [-0.39, 0.29) is 41.5 Å². The molecule has 2 N–H and O–H groups in total. The van der Waals surface area contributed by atoms with Gasteiger partial charge in [-0.2, -0.15) is 15.1 Å². The Hall–Kier alpha value is -1.95. The molecule has 5 atom stereocenters. The first-order valence-corrected chi connectivity index (χ1v) is 18.4. The van der Waals surface area contributed by atoms with Gasteiger partial charge in [0.1, 0.15) is 23.7 Å². The molecule has 2 aliphatic heterocycles. The minimum atomic E-state index is -4.47. The van der Waals surface area contributed by atoms with Gasteiger partial charge >= 0.3 is 13.7 Å². The van der Waals surface area contributed by atoms with Crippen LogP contribution in [0.1, 0.15) is 66.5 Å². The predicted octanol–water partition coefficient (Wildman–Crippen LogP) is 3.32. The maximum atomic E-state index is 13.9. The van der Waals surface area contributed by atoms with E-state index in [1.54, 1.807) is 27.7 Å². The highest BCUT2D eigenvalue weighted by Gasteiger charge is 2.62. The molecule has 1 unspecified atom stereocenters. The van der Waals surface area contributed by atoms with Gasteiger partial charge in [0.25, 0.3) is 0 Å². The van der Waals surface area contributed by atoms with Crippen LogP contribution in [0.25, 0.3) is 11.0 Å². The number of hydrogen-bond donors (Lipinski definition) is 2. The molecule has 0 aromatic carbocycles. The summed E-state index contributed by atoms with van der Waals surface area (Å²) in [6.07, 6.45) is 0.392. The second-order valence-corrected chi connectivity index (χ2v) is 17.3. The number of hydrogen-bond acceptors (Lipinski definition) is 14. The van der Waals surface area contributed by atoms with Crippen molar-refractivity contribution in [3.8, 4) is 5.88 Å². The lowest BCUT2D eigenvalue weighted by molar-refractivity contribution is -0.195. The summed E-state index contributed by atoms with van der Waals surface area (Å²) in [5, 5.41) is 17.5. The van der Waals surface area contributed by atoms with Crippen LogP contribution in [-0.4, -0.2) is 99.6 Å². The summed E-state index contributed by atoms with van der Waals surface area (Å²) in [4.78, 5) is 20.9. The van der Waals surface area contributed by atoms with Gasteiger partial charge in [0.2, 0.25) is 11.2 Å². The molecule has 45 heavy (non-hydrogen) atoms. The lowest BCUT2D eigenvalue weighted by Crippen LogP contribution is -2.46. The van der Waals surface area contributed by atoms with Crippen LogP contribution < -0.4 is 10.1 Å². The van der Waals surface area contributed by atoms with Gasteiger partial charge in [-0.05, 0) is 59.1 Å². The number of fused-ring (bicyclic) bond motifs is 2. The highest BCUT2D eigenvalue weighted by atomic mass is 35.5. The molecule has 0 spiro atoms. The molecule has 5 rings (SSSR count). The van der Waals surface area contributed by atoms with Gasteiger partial charge in [-0.15, -0.1) is 0 Å². The van der Waals surface area contributed by atoms with Crippen LogP contribution in [0.3, 0.4) is 0 Å². The Morgan fingerprint density at radius 2 is 1.84 bits per heavy atom. The maximum absolute atomic E-state index is 13.9. The summed E-state index contributed by atoms with van der Waals surface area (Å²) >= 11 is 6.22. The molecule has 19 heteroatoms. The first-order chi connectivity index (χ1) is 21.2. The SMILES string of the molecule is CCOP(=O)(OCC)C(C)(CO)S(=O)(=O)C[C@H]1O[C@@H](n2ncc3c(OC(=O)NC4CCCC4)nc(Cl)nc32)[C@@H]2OC(C)(C)O[C@@H]21. The van der Waals surface area contributed by atoms with Crippen LogP contribution in [0, 0.1) is 0 Å². The smallest absolute Gasteiger partial charge is 0.394 e. The number of aromatic nitrogens is 4. The molecule has 2 aromatic rings. The summed E-state index contributed by atoms with van der Waals surface area (Å²) in [7, 11) is -8.83. The molecule has 3 aliphatic rings. The van der Waals surface area contributed by atoms with Gasteiger partial charge in [-0.3, -0.25) is 4.57 Å². The van der Waals surface area contributed by atoms with Crippen LogP contribution in [0.4, 0.5) is 4.79 Å². The summed E-state index contributed by atoms with van der Waals surface area (Å²) in [5.74, 6) is -1.98. The quantitative estimate of drug-likeness (QED) is 0.242.